The van der Waals surface area contributed by atoms with Crippen LogP contribution in [-0.4, -0.2) is 23.6 Å². The molecule has 116 valence electrons. The van der Waals surface area contributed by atoms with Crippen LogP contribution in [0.2, 0.25) is 0 Å². The molecule has 8 heteroatoms. The van der Waals surface area contributed by atoms with E-state index in [-0.39, 0.29) is 0 Å². The highest BCUT2D eigenvalue weighted by molar-refractivity contribution is 9.11. The summed E-state index contributed by atoms with van der Waals surface area (Å²) >= 11 is 9.68. The maximum absolute atomic E-state index is 5.43. The minimum atomic E-state index is 0.745. The van der Waals surface area contributed by atoms with Gasteiger partial charge in [0.05, 0.1) is 0 Å². The highest BCUT2D eigenvalue weighted by atomic mass is 79.9. The predicted molar refractivity (Wildman–Crippen MR) is 98.9 cm³/mol. The van der Waals surface area contributed by atoms with E-state index in [1.807, 2.05) is 43.3 Å². The lowest BCUT2D eigenvalue weighted by molar-refractivity contribution is 0.972. The average Bonchev–Trinajstić information content (AvgIpc) is 2.40. The molecule has 0 aliphatic heterocycles. The van der Waals surface area contributed by atoms with Crippen LogP contribution in [0.4, 0.5) is 5.82 Å². The van der Waals surface area contributed by atoms with Crippen LogP contribution in [0, 0.1) is 0 Å². The molecule has 0 saturated carbocycles. The van der Waals surface area contributed by atoms with Crippen molar-refractivity contribution in [3.05, 3.63) is 50.2 Å². The third kappa shape index (κ3) is 10.8. The molecule has 4 N–H and O–H groups in total. The Morgan fingerprint density at radius 3 is 1.57 bits per heavy atom. The number of halogens is 3. The van der Waals surface area contributed by atoms with Gasteiger partial charge < -0.3 is 5.73 Å². The molecule has 0 aromatic carbocycles. The molecule has 0 unspecified atom stereocenters. The van der Waals surface area contributed by atoms with Gasteiger partial charge in [0, 0.05) is 7.05 Å². The van der Waals surface area contributed by atoms with Crippen molar-refractivity contribution >= 4 is 53.6 Å². The lowest BCUT2D eigenvalue weighted by Crippen LogP contribution is -2.25. The number of anilines is 1. The zero-order valence-electron chi connectivity index (χ0n) is 11.8. The molecule has 21 heavy (non-hydrogen) atoms. The molecular formula is C13H18Br3N5. The van der Waals surface area contributed by atoms with E-state index in [1.54, 1.807) is 7.05 Å². The van der Waals surface area contributed by atoms with Crippen molar-refractivity contribution in [1.29, 1.82) is 0 Å². The lowest BCUT2D eigenvalue weighted by atomic mass is 10.5. The van der Waals surface area contributed by atoms with Gasteiger partial charge >= 0.3 is 0 Å². The van der Waals surface area contributed by atoms with Crippen molar-refractivity contribution in [2.75, 3.05) is 18.6 Å². The number of aromatic nitrogens is 2. The van der Waals surface area contributed by atoms with Crippen LogP contribution in [0.1, 0.15) is 6.92 Å². The number of nitrogens with two attached hydrogens (primary N) is 2. The monoisotopic (exact) mass is 481 g/mol. The topological polar surface area (TPSA) is 81.1 Å². The summed E-state index contributed by atoms with van der Waals surface area (Å²) in [6.07, 6.45) is 0. The quantitative estimate of drug-likeness (QED) is 0.367. The largest absolute Gasteiger partial charge is 0.331 e. The minimum Gasteiger partial charge on any atom is -0.331 e. The number of hydrazine groups is 1. The number of hydrogen-bond acceptors (Lipinski definition) is 5. The van der Waals surface area contributed by atoms with Crippen LogP contribution in [-0.2, 0) is 0 Å². The van der Waals surface area contributed by atoms with E-state index in [2.05, 4.69) is 57.8 Å². The highest BCUT2D eigenvalue weighted by Gasteiger charge is 1.95. The first-order valence-corrected chi connectivity index (χ1v) is 8.37. The molecule has 0 aliphatic carbocycles. The second kappa shape index (κ2) is 12.0. The molecule has 5 nitrogen and oxygen atoms in total. The van der Waals surface area contributed by atoms with Gasteiger partial charge in [0.25, 0.3) is 0 Å². The van der Waals surface area contributed by atoms with Crippen molar-refractivity contribution < 1.29 is 0 Å². The number of pyridine rings is 2. The molecule has 0 fully saturated rings. The SMILES string of the molecule is Brc1cccc(Br)n1.CCN.CN(N)c1cccc(Br)n1. The second-order valence-corrected chi connectivity index (χ2v) is 6.06. The van der Waals surface area contributed by atoms with Gasteiger partial charge in [-0.15, -0.1) is 0 Å². The van der Waals surface area contributed by atoms with Crippen LogP contribution in [0.3, 0.4) is 0 Å². The van der Waals surface area contributed by atoms with Crippen molar-refractivity contribution in [1.82, 2.24) is 9.97 Å². The molecular weight excluding hydrogens is 466 g/mol. The standard InChI is InChI=1S/C6H8BrN3.C5H3Br2N.C2H7N/c1-10(8)6-4-2-3-5(7)9-6;6-4-2-1-3-5(7)8-4;1-2-3/h2-4H,8H2,1H3;1-3H;2-3H2,1H3. The first-order chi connectivity index (χ1) is 9.90. The van der Waals surface area contributed by atoms with Crippen molar-refractivity contribution in [3.63, 3.8) is 0 Å². The van der Waals surface area contributed by atoms with Crippen LogP contribution >= 0.6 is 47.8 Å². The maximum Gasteiger partial charge on any atom is 0.143 e. The fourth-order valence-corrected chi connectivity index (χ4v) is 2.24. The van der Waals surface area contributed by atoms with E-state index < -0.39 is 0 Å². The molecule has 0 aliphatic rings. The summed E-state index contributed by atoms with van der Waals surface area (Å²) in [5.74, 6) is 6.18. The zero-order valence-corrected chi connectivity index (χ0v) is 16.6. The Labute approximate surface area is 150 Å². The van der Waals surface area contributed by atoms with Crippen LogP contribution in [0.15, 0.2) is 50.2 Å². The fraction of sp³-hybridized carbons (Fsp3) is 0.231. The molecule has 0 spiro atoms. The molecule has 2 aromatic heterocycles. The smallest absolute Gasteiger partial charge is 0.143 e. The molecule has 0 amide bonds. The molecule has 2 aromatic rings. The van der Waals surface area contributed by atoms with E-state index in [9.17, 15) is 0 Å². The summed E-state index contributed by atoms with van der Waals surface area (Å²) in [5, 5.41) is 1.46. The van der Waals surface area contributed by atoms with E-state index >= 15 is 0 Å². The lowest BCUT2D eigenvalue weighted by Gasteiger charge is -2.09. The van der Waals surface area contributed by atoms with Gasteiger partial charge in [0.15, 0.2) is 0 Å². The van der Waals surface area contributed by atoms with Crippen molar-refractivity contribution in [2.24, 2.45) is 11.6 Å². The van der Waals surface area contributed by atoms with E-state index in [4.69, 9.17) is 11.6 Å². The molecule has 0 saturated heterocycles. The van der Waals surface area contributed by atoms with Crippen molar-refractivity contribution in [2.45, 2.75) is 6.92 Å². The summed E-state index contributed by atoms with van der Waals surface area (Å²) in [6.45, 7) is 2.65. The summed E-state index contributed by atoms with van der Waals surface area (Å²) < 4.78 is 2.50. The molecule has 0 bridgehead atoms. The zero-order chi connectivity index (χ0) is 16.3. The van der Waals surface area contributed by atoms with E-state index in [0.717, 1.165) is 26.2 Å². The van der Waals surface area contributed by atoms with Crippen molar-refractivity contribution in [3.8, 4) is 0 Å². The Balaban J connectivity index is 0.000000327. The summed E-state index contributed by atoms with van der Waals surface area (Å²) in [6, 6.07) is 11.3. The van der Waals surface area contributed by atoms with Gasteiger partial charge in [0.1, 0.15) is 19.6 Å². The number of rotatable bonds is 1. The Morgan fingerprint density at radius 2 is 1.33 bits per heavy atom. The summed E-state index contributed by atoms with van der Waals surface area (Å²) in [4.78, 5) is 8.10. The third-order valence-electron chi connectivity index (χ3n) is 1.74. The summed E-state index contributed by atoms with van der Waals surface area (Å²) in [5.41, 5.74) is 4.85. The van der Waals surface area contributed by atoms with Crippen LogP contribution < -0.4 is 16.6 Å². The minimum absolute atomic E-state index is 0.745. The average molecular weight is 484 g/mol. The predicted octanol–water partition coefficient (Wildman–Crippen LogP) is 3.73. The van der Waals surface area contributed by atoms with Gasteiger partial charge in [-0.1, -0.05) is 19.1 Å². The van der Waals surface area contributed by atoms with Crippen LogP contribution in [0.5, 0.6) is 0 Å². The maximum atomic E-state index is 5.43. The first-order valence-electron chi connectivity index (χ1n) is 5.99. The van der Waals surface area contributed by atoms with Gasteiger partial charge in [-0.3, -0.25) is 5.01 Å². The molecule has 2 rings (SSSR count). The Morgan fingerprint density at radius 1 is 0.952 bits per heavy atom. The number of nitrogens with zero attached hydrogens (tertiary/aromatic N) is 3. The normalized spacial score (nSPS) is 8.90. The molecule has 2 heterocycles. The molecule has 0 radical (unpaired) electrons. The van der Waals surface area contributed by atoms with E-state index in [1.165, 1.54) is 5.01 Å². The fourth-order valence-electron chi connectivity index (χ4n) is 0.977. The van der Waals surface area contributed by atoms with Gasteiger partial charge in [-0.25, -0.2) is 15.8 Å². The highest BCUT2D eigenvalue weighted by Crippen LogP contribution is 2.11. The Hall–Kier alpha value is -0.540. The summed E-state index contributed by atoms with van der Waals surface area (Å²) in [7, 11) is 1.74. The Kier molecular flexibility index (Phi) is 11.7. The van der Waals surface area contributed by atoms with E-state index in [0.29, 0.717) is 0 Å². The third-order valence-corrected chi connectivity index (χ3v) is 3.07. The van der Waals surface area contributed by atoms with Gasteiger partial charge in [-0.2, -0.15) is 0 Å². The van der Waals surface area contributed by atoms with Crippen LogP contribution in [0.25, 0.3) is 0 Å². The second-order valence-electron chi connectivity index (χ2n) is 3.62. The Bertz CT molecular complexity index is 505. The first kappa shape index (κ1) is 20.5. The van der Waals surface area contributed by atoms with Gasteiger partial charge in [-0.05, 0) is 78.6 Å². The number of hydrogen-bond donors (Lipinski definition) is 2. The molecule has 0 atom stereocenters. The van der Waals surface area contributed by atoms with Gasteiger partial charge in [0.2, 0.25) is 0 Å².